The smallest absolute Gasteiger partial charge is 0.0971 e. The SMILES string of the molecule is CCCCC(O)C(C#N)c1ccc(C(C)C)cc1. The van der Waals surface area contributed by atoms with Gasteiger partial charge in [-0.15, -0.1) is 0 Å². The van der Waals surface area contributed by atoms with Crippen LogP contribution in [-0.2, 0) is 0 Å². The van der Waals surface area contributed by atoms with E-state index in [2.05, 4.69) is 39.0 Å². The van der Waals surface area contributed by atoms with E-state index < -0.39 is 12.0 Å². The zero-order valence-corrected chi connectivity index (χ0v) is 11.6. The molecule has 0 aromatic heterocycles. The van der Waals surface area contributed by atoms with E-state index in [4.69, 9.17) is 0 Å². The molecule has 18 heavy (non-hydrogen) atoms. The van der Waals surface area contributed by atoms with Crippen molar-refractivity contribution in [2.24, 2.45) is 0 Å². The van der Waals surface area contributed by atoms with Gasteiger partial charge in [-0.3, -0.25) is 0 Å². The van der Waals surface area contributed by atoms with E-state index in [1.807, 2.05) is 12.1 Å². The number of rotatable bonds is 6. The normalized spacial score (nSPS) is 14.2. The molecule has 1 aromatic carbocycles. The number of hydrogen-bond donors (Lipinski definition) is 1. The molecule has 0 saturated heterocycles. The minimum absolute atomic E-state index is 0.405. The lowest BCUT2D eigenvalue weighted by Crippen LogP contribution is -2.17. The van der Waals surface area contributed by atoms with Gasteiger partial charge in [-0.05, 0) is 23.5 Å². The number of nitriles is 1. The monoisotopic (exact) mass is 245 g/mol. The molecule has 1 N–H and O–H groups in total. The number of nitrogens with zero attached hydrogens (tertiary/aromatic N) is 1. The number of hydrogen-bond acceptors (Lipinski definition) is 2. The number of aliphatic hydroxyl groups is 1. The standard InChI is InChI=1S/C16H23NO/c1-4-5-6-16(18)15(11-17)14-9-7-13(8-10-14)12(2)3/h7-10,12,15-16,18H,4-6H2,1-3H3. The fourth-order valence-corrected chi connectivity index (χ4v) is 2.05. The second kappa shape index (κ2) is 7.18. The van der Waals surface area contributed by atoms with E-state index in [9.17, 15) is 10.4 Å². The molecule has 2 heteroatoms. The number of aliphatic hydroxyl groups excluding tert-OH is 1. The van der Waals surface area contributed by atoms with Crippen LogP contribution in [0.3, 0.4) is 0 Å². The highest BCUT2D eigenvalue weighted by Gasteiger charge is 2.20. The molecule has 0 radical (unpaired) electrons. The molecule has 0 spiro atoms. The Labute approximate surface area is 110 Å². The van der Waals surface area contributed by atoms with Gasteiger partial charge >= 0.3 is 0 Å². The lowest BCUT2D eigenvalue weighted by Gasteiger charge is -2.17. The highest BCUT2D eigenvalue weighted by atomic mass is 16.3. The average molecular weight is 245 g/mol. The van der Waals surface area contributed by atoms with Crippen LogP contribution in [-0.4, -0.2) is 11.2 Å². The average Bonchev–Trinajstić information content (AvgIpc) is 2.37. The van der Waals surface area contributed by atoms with Crippen molar-refractivity contribution in [1.29, 1.82) is 5.26 Å². The van der Waals surface area contributed by atoms with Crippen LogP contribution >= 0.6 is 0 Å². The lowest BCUT2D eigenvalue weighted by atomic mass is 9.90. The Morgan fingerprint density at radius 3 is 2.17 bits per heavy atom. The third kappa shape index (κ3) is 3.85. The molecule has 2 nitrogen and oxygen atoms in total. The van der Waals surface area contributed by atoms with Gasteiger partial charge in [-0.2, -0.15) is 5.26 Å². The fraction of sp³-hybridized carbons (Fsp3) is 0.562. The van der Waals surface area contributed by atoms with Gasteiger partial charge in [0.25, 0.3) is 0 Å². The molecule has 0 amide bonds. The van der Waals surface area contributed by atoms with E-state index in [-0.39, 0.29) is 0 Å². The highest BCUT2D eigenvalue weighted by Crippen LogP contribution is 2.24. The van der Waals surface area contributed by atoms with Gasteiger partial charge in [0, 0.05) is 0 Å². The maximum atomic E-state index is 10.0. The van der Waals surface area contributed by atoms with Crippen molar-refractivity contribution in [3.63, 3.8) is 0 Å². The van der Waals surface area contributed by atoms with Gasteiger partial charge in [-0.25, -0.2) is 0 Å². The third-order valence-electron chi connectivity index (χ3n) is 3.34. The van der Waals surface area contributed by atoms with E-state index in [1.165, 1.54) is 5.56 Å². The highest BCUT2D eigenvalue weighted by molar-refractivity contribution is 5.31. The second-order valence-corrected chi connectivity index (χ2v) is 5.14. The first-order valence-corrected chi connectivity index (χ1v) is 6.77. The largest absolute Gasteiger partial charge is 0.391 e. The lowest BCUT2D eigenvalue weighted by molar-refractivity contribution is 0.148. The molecule has 0 saturated carbocycles. The fourth-order valence-electron chi connectivity index (χ4n) is 2.05. The summed E-state index contributed by atoms with van der Waals surface area (Å²) in [5.74, 6) is 0.0855. The molecular weight excluding hydrogens is 222 g/mol. The second-order valence-electron chi connectivity index (χ2n) is 5.14. The molecule has 98 valence electrons. The Morgan fingerprint density at radius 1 is 1.17 bits per heavy atom. The molecule has 0 aliphatic heterocycles. The molecule has 0 bridgehead atoms. The Morgan fingerprint density at radius 2 is 1.72 bits per heavy atom. The summed E-state index contributed by atoms with van der Waals surface area (Å²) in [6, 6.07) is 10.3. The quantitative estimate of drug-likeness (QED) is 0.824. The van der Waals surface area contributed by atoms with Gasteiger partial charge in [0.15, 0.2) is 0 Å². The maximum absolute atomic E-state index is 10.0. The van der Waals surface area contributed by atoms with Gasteiger partial charge in [-0.1, -0.05) is 57.9 Å². The van der Waals surface area contributed by atoms with Crippen LogP contribution in [0.5, 0.6) is 0 Å². The van der Waals surface area contributed by atoms with Crippen LogP contribution in [0.4, 0.5) is 0 Å². The van der Waals surface area contributed by atoms with E-state index in [1.54, 1.807) is 0 Å². The molecule has 1 aromatic rings. The summed E-state index contributed by atoms with van der Waals surface area (Å²) in [5, 5.41) is 19.3. The Hall–Kier alpha value is -1.33. The summed E-state index contributed by atoms with van der Waals surface area (Å²) in [5.41, 5.74) is 2.18. The Bertz CT molecular complexity index is 389. The van der Waals surface area contributed by atoms with Crippen LogP contribution in [0, 0.1) is 11.3 Å². The summed E-state index contributed by atoms with van der Waals surface area (Å²) in [7, 11) is 0. The molecular formula is C16H23NO. The summed E-state index contributed by atoms with van der Waals surface area (Å²) in [4.78, 5) is 0. The minimum atomic E-state index is -0.556. The molecule has 0 aliphatic carbocycles. The molecule has 1 rings (SSSR count). The maximum Gasteiger partial charge on any atom is 0.0971 e. The van der Waals surface area contributed by atoms with Gasteiger partial charge in [0.1, 0.15) is 0 Å². The van der Waals surface area contributed by atoms with Crippen LogP contribution < -0.4 is 0 Å². The van der Waals surface area contributed by atoms with Crippen LogP contribution in [0.25, 0.3) is 0 Å². The predicted octanol–water partition coefficient (Wildman–Crippen LogP) is 3.97. The van der Waals surface area contributed by atoms with Crippen molar-refractivity contribution in [3.8, 4) is 6.07 Å². The van der Waals surface area contributed by atoms with Gasteiger partial charge in [0.2, 0.25) is 0 Å². The first-order chi connectivity index (χ1) is 8.60. The van der Waals surface area contributed by atoms with Crippen molar-refractivity contribution in [2.75, 3.05) is 0 Å². The first kappa shape index (κ1) is 14.7. The van der Waals surface area contributed by atoms with Crippen molar-refractivity contribution >= 4 is 0 Å². The predicted molar refractivity (Wildman–Crippen MR) is 74.4 cm³/mol. The van der Waals surface area contributed by atoms with Crippen LogP contribution in [0.1, 0.15) is 63.0 Å². The summed E-state index contributed by atoms with van der Waals surface area (Å²) in [6.07, 6.45) is 2.14. The van der Waals surface area contributed by atoms with Crippen LogP contribution in [0.2, 0.25) is 0 Å². The van der Waals surface area contributed by atoms with Crippen LogP contribution in [0.15, 0.2) is 24.3 Å². The van der Waals surface area contributed by atoms with Crippen molar-refractivity contribution in [3.05, 3.63) is 35.4 Å². The Kier molecular flexibility index (Phi) is 5.88. The summed E-state index contributed by atoms with van der Waals surface area (Å²) < 4.78 is 0. The zero-order valence-electron chi connectivity index (χ0n) is 11.6. The summed E-state index contributed by atoms with van der Waals surface area (Å²) in [6.45, 7) is 6.38. The molecule has 2 atom stereocenters. The molecule has 2 unspecified atom stereocenters. The minimum Gasteiger partial charge on any atom is -0.391 e. The zero-order chi connectivity index (χ0) is 13.5. The van der Waals surface area contributed by atoms with E-state index in [0.717, 1.165) is 18.4 Å². The van der Waals surface area contributed by atoms with Crippen molar-refractivity contribution in [1.82, 2.24) is 0 Å². The molecule has 0 aliphatic rings. The Balaban J connectivity index is 2.79. The van der Waals surface area contributed by atoms with Crippen molar-refractivity contribution in [2.45, 2.75) is 58.0 Å². The van der Waals surface area contributed by atoms with Crippen molar-refractivity contribution < 1.29 is 5.11 Å². The topological polar surface area (TPSA) is 44.0 Å². The third-order valence-corrected chi connectivity index (χ3v) is 3.34. The van der Waals surface area contributed by atoms with Gasteiger partial charge in [0.05, 0.1) is 18.1 Å². The molecule has 0 fully saturated rings. The summed E-state index contributed by atoms with van der Waals surface area (Å²) >= 11 is 0. The number of unbranched alkanes of at least 4 members (excludes halogenated alkanes) is 1. The number of benzene rings is 1. The van der Waals surface area contributed by atoms with E-state index >= 15 is 0 Å². The van der Waals surface area contributed by atoms with E-state index in [0.29, 0.717) is 12.3 Å². The first-order valence-electron chi connectivity index (χ1n) is 6.77. The van der Waals surface area contributed by atoms with Gasteiger partial charge < -0.3 is 5.11 Å². The molecule has 0 heterocycles.